The number of aromatic nitrogens is 4. The van der Waals surface area contributed by atoms with Crippen molar-refractivity contribution in [2.24, 2.45) is 7.05 Å². The molecule has 1 aliphatic rings. The van der Waals surface area contributed by atoms with Gasteiger partial charge in [0.05, 0.1) is 18.1 Å². The Hall–Kier alpha value is -4.38. The van der Waals surface area contributed by atoms with Crippen molar-refractivity contribution in [3.05, 3.63) is 109 Å². The number of rotatable bonds is 3. The van der Waals surface area contributed by atoms with Gasteiger partial charge in [0.1, 0.15) is 35.4 Å². The van der Waals surface area contributed by atoms with E-state index in [9.17, 15) is 0 Å². The number of hydrogen-bond acceptors (Lipinski definition) is 2. The predicted molar refractivity (Wildman–Crippen MR) is 133 cm³/mol. The Morgan fingerprint density at radius 2 is 1.71 bits per heavy atom. The Balaban J connectivity index is 1.38. The van der Waals surface area contributed by atoms with E-state index in [1.54, 1.807) is 0 Å². The maximum absolute atomic E-state index is 6.36. The van der Waals surface area contributed by atoms with Crippen LogP contribution < -0.4 is 9.30 Å². The molecule has 7 rings (SSSR count). The first-order valence-corrected chi connectivity index (χ1v) is 11.6. The number of benzene rings is 3. The highest BCUT2D eigenvalue weighted by Crippen LogP contribution is 2.39. The molecule has 0 N–H and O–H groups in total. The molecule has 5 heteroatoms. The van der Waals surface area contributed by atoms with Crippen molar-refractivity contribution < 1.29 is 9.30 Å². The average Bonchev–Trinajstić information content (AvgIpc) is 3.39. The van der Waals surface area contributed by atoms with Gasteiger partial charge in [0.25, 0.3) is 0 Å². The van der Waals surface area contributed by atoms with Crippen molar-refractivity contribution in [2.75, 3.05) is 0 Å². The molecule has 4 heterocycles. The van der Waals surface area contributed by atoms with Crippen LogP contribution in [0.2, 0.25) is 0 Å². The number of hydrogen-bond donors (Lipinski definition) is 0. The summed E-state index contributed by atoms with van der Waals surface area (Å²) < 4.78 is 12.8. The first-order valence-electron chi connectivity index (χ1n) is 11.6. The molecule has 0 saturated heterocycles. The van der Waals surface area contributed by atoms with Crippen LogP contribution >= 0.6 is 0 Å². The Morgan fingerprint density at radius 1 is 0.853 bits per heavy atom. The fourth-order valence-corrected chi connectivity index (χ4v) is 5.15. The second-order valence-corrected chi connectivity index (χ2v) is 8.90. The van der Waals surface area contributed by atoms with Gasteiger partial charge in [0.15, 0.2) is 0 Å². The molecular weight excluding hydrogens is 420 g/mol. The molecule has 0 atom stereocenters. The van der Waals surface area contributed by atoms with Gasteiger partial charge in [-0.1, -0.05) is 30.3 Å². The summed E-state index contributed by atoms with van der Waals surface area (Å²) in [5, 5.41) is 2.48. The van der Waals surface area contributed by atoms with E-state index in [4.69, 9.17) is 9.72 Å². The Labute approximate surface area is 197 Å². The van der Waals surface area contributed by atoms with E-state index >= 15 is 0 Å². The molecule has 0 saturated carbocycles. The second-order valence-electron chi connectivity index (χ2n) is 8.90. The number of pyridine rings is 1. The highest BCUT2D eigenvalue weighted by molar-refractivity contribution is 6.10. The average molecular weight is 444 g/mol. The summed E-state index contributed by atoms with van der Waals surface area (Å²) in [5.41, 5.74) is 6.07. The van der Waals surface area contributed by atoms with Gasteiger partial charge in [-0.2, -0.15) is 0 Å². The third-order valence-electron chi connectivity index (χ3n) is 6.71. The van der Waals surface area contributed by atoms with E-state index in [0.717, 1.165) is 41.4 Å². The van der Waals surface area contributed by atoms with Gasteiger partial charge in [-0.25, -0.2) is 14.1 Å². The summed E-state index contributed by atoms with van der Waals surface area (Å²) in [5.74, 6) is 2.64. The van der Waals surface area contributed by atoms with Gasteiger partial charge in [-0.05, 0) is 54.3 Å². The third kappa shape index (κ3) is 2.94. The normalized spacial score (nSPS) is 12.6. The summed E-state index contributed by atoms with van der Waals surface area (Å²) in [6.07, 6.45) is 9.98. The summed E-state index contributed by atoms with van der Waals surface area (Å²) in [7, 11) is 2.01. The molecule has 3 aromatic heterocycles. The van der Waals surface area contributed by atoms with Crippen LogP contribution in [-0.4, -0.2) is 14.1 Å². The smallest absolute Gasteiger partial charge is 0.248 e. The lowest BCUT2D eigenvalue weighted by molar-refractivity contribution is -0.670. The van der Waals surface area contributed by atoms with Crippen LogP contribution in [0, 0.1) is 0 Å². The minimum atomic E-state index is 0.805. The van der Waals surface area contributed by atoms with Crippen LogP contribution in [0.5, 0.6) is 11.5 Å². The standard InChI is InChI=1S/C29H23N4O/c1-31-15-16-32(19-31)22-7-3-8-23(17-22)34-24-12-13-25-26-9-2-5-20-10-11-21-6-4-14-30-29(21)33(28(20)26)27(25)18-24/h2-9,12-19H,10-11H2,1H3/q+1. The molecule has 164 valence electrons. The minimum Gasteiger partial charge on any atom is -0.457 e. The minimum absolute atomic E-state index is 0.805. The topological polar surface area (TPSA) is 35.9 Å². The molecule has 0 fully saturated rings. The SMILES string of the molecule is C[n+]1ccn(-c2cccc(Oc3ccc4c5cccc6c5n(c4c3)-c3ncccc3CC6)c2)c1. The lowest BCUT2D eigenvalue weighted by Crippen LogP contribution is -2.23. The quantitative estimate of drug-likeness (QED) is 0.330. The van der Waals surface area contributed by atoms with E-state index < -0.39 is 0 Å². The maximum Gasteiger partial charge on any atom is 0.248 e. The van der Waals surface area contributed by atoms with E-state index in [2.05, 4.69) is 63.7 Å². The molecule has 0 amide bonds. The predicted octanol–water partition coefficient (Wildman–Crippen LogP) is 5.68. The first-order chi connectivity index (χ1) is 16.7. The zero-order chi connectivity index (χ0) is 22.6. The van der Waals surface area contributed by atoms with Crippen molar-refractivity contribution in [2.45, 2.75) is 12.8 Å². The third-order valence-corrected chi connectivity index (χ3v) is 6.71. The van der Waals surface area contributed by atoms with Crippen molar-refractivity contribution >= 4 is 21.8 Å². The molecular formula is C29H23N4O+. The van der Waals surface area contributed by atoms with Crippen LogP contribution in [0.15, 0.2) is 97.7 Å². The molecule has 0 aliphatic carbocycles. The zero-order valence-corrected chi connectivity index (χ0v) is 18.8. The monoisotopic (exact) mass is 443 g/mol. The Bertz CT molecular complexity index is 1710. The number of para-hydroxylation sites is 1. The van der Waals surface area contributed by atoms with Gasteiger partial charge in [-0.3, -0.25) is 4.57 Å². The van der Waals surface area contributed by atoms with Gasteiger partial charge in [0, 0.05) is 29.1 Å². The fraction of sp³-hybridized carbons (Fsp3) is 0.103. The Kier molecular flexibility index (Phi) is 4.12. The van der Waals surface area contributed by atoms with Crippen LogP contribution in [-0.2, 0) is 19.9 Å². The fourth-order valence-electron chi connectivity index (χ4n) is 5.15. The van der Waals surface area contributed by atoms with Crippen molar-refractivity contribution in [3.8, 4) is 23.0 Å². The summed E-state index contributed by atoms with van der Waals surface area (Å²) >= 11 is 0. The van der Waals surface area contributed by atoms with E-state index in [0.29, 0.717) is 0 Å². The second kappa shape index (κ2) is 7.32. The molecule has 0 unspecified atom stereocenters. The number of nitrogens with zero attached hydrogens (tertiary/aromatic N) is 4. The lowest BCUT2D eigenvalue weighted by atomic mass is 10.0. The Morgan fingerprint density at radius 3 is 2.62 bits per heavy atom. The molecule has 0 radical (unpaired) electrons. The molecule has 0 bridgehead atoms. The summed E-state index contributed by atoms with van der Waals surface area (Å²) in [6.45, 7) is 0. The zero-order valence-electron chi connectivity index (χ0n) is 18.8. The number of aryl methyl sites for hydroxylation is 3. The molecule has 0 spiro atoms. The van der Waals surface area contributed by atoms with Crippen LogP contribution in [0.1, 0.15) is 11.1 Å². The van der Waals surface area contributed by atoms with Crippen LogP contribution in [0.25, 0.3) is 33.3 Å². The molecule has 6 aromatic rings. The van der Waals surface area contributed by atoms with E-state index in [1.165, 1.54) is 27.4 Å². The highest BCUT2D eigenvalue weighted by Gasteiger charge is 2.21. The first kappa shape index (κ1) is 19.1. The molecule has 34 heavy (non-hydrogen) atoms. The van der Waals surface area contributed by atoms with Gasteiger partial charge in [-0.15, -0.1) is 0 Å². The van der Waals surface area contributed by atoms with Gasteiger partial charge < -0.3 is 4.74 Å². The molecule has 5 nitrogen and oxygen atoms in total. The van der Waals surface area contributed by atoms with Crippen molar-refractivity contribution in [1.29, 1.82) is 0 Å². The largest absolute Gasteiger partial charge is 0.457 e. The van der Waals surface area contributed by atoms with Crippen LogP contribution in [0.3, 0.4) is 0 Å². The number of imidazole rings is 1. The summed E-state index contributed by atoms with van der Waals surface area (Å²) in [4.78, 5) is 4.80. The van der Waals surface area contributed by atoms with Crippen molar-refractivity contribution in [3.63, 3.8) is 0 Å². The highest BCUT2D eigenvalue weighted by atomic mass is 16.5. The molecule has 3 aromatic carbocycles. The van der Waals surface area contributed by atoms with E-state index in [-0.39, 0.29) is 0 Å². The van der Waals surface area contributed by atoms with Gasteiger partial charge in [0.2, 0.25) is 6.33 Å². The lowest BCUT2D eigenvalue weighted by Gasteiger charge is -2.11. The van der Waals surface area contributed by atoms with E-state index in [1.807, 2.05) is 54.7 Å². The van der Waals surface area contributed by atoms with Gasteiger partial charge >= 0.3 is 0 Å². The number of ether oxygens (including phenoxy) is 1. The number of fused-ring (bicyclic) bond motifs is 5. The summed E-state index contributed by atoms with van der Waals surface area (Å²) in [6, 6.07) is 25.4. The maximum atomic E-state index is 6.36. The molecule has 1 aliphatic heterocycles. The van der Waals surface area contributed by atoms with Crippen LogP contribution in [0.4, 0.5) is 0 Å². The van der Waals surface area contributed by atoms with Crippen molar-refractivity contribution in [1.82, 2.24) is 14.1 Å².